The van der Waals surface area contributed by atoms with E-state index in [1.807, 2.05) is 18.5 Å². The second-order valence-corrected chi connectivity index (χ2v) is 5.57. The number of hydrogen-bond donors (Lipinski definition) is 1. The molecule has 18 heavy (non-hydrogen) atoms. The molecule has 0 radical (unpaired) electrons. The van der Waals surface area contributed by atoms with Gasteiger partial charge in [-0.25, -0.2) is 0 Å². The number of hydrogen-bond acceptors (Lipinski definition) is 3. The van der Waals surface area contributed by atoms with Crippen molar-refractivity contribution in [1.29, 1.82) is 0 Å². The summed E-state index contributed by atoms with van der Waals surface area (Å²) in [6.07, 6.45) is 11.8. The van der Waals surface area contributed by atoms with E-state index in [9.17, 15) is 0 Å². The smallest absolute Gasteiger partial charge is 0.126 e. The van der Waals surface area contributed by atoms with Gasteiger partial charge in [-0.15, -0.1) is 0 Å². The van der Waals surface area contributed by atoms with Crippen LogP contribution in [-0.4, -0.2) is 17.6 Å². The van der Waals surface area contributed by atoms with Crippen LogP contribution in [0, 0.1) is 5.92 Å². The standard InChI is InChI=1S/C15H22N2O/c1-2-12(3-1)7-9-18-15-6-8-16-10-13(15)11-17-14-4-5-14/h6,8,10,12,14,17H,1-5,7,9,11H2. The Bertz CT molecular complexity index is 386. The SMILES string of the molecule is c1cc(OCCC2CCC2)c(CNC2CC2)cn1. The Balaban J connectivity index is 1.48. The minimum atomic E-state index is 0.730. The van der Waals surface area contributed by atoms with Crippen molar-refractivity contribution in [2.45, 2.75) is 51.1 Å². The van der Waals surface area contributed by atoms with Crippen molar-refractivity contribution < 1.29 is 4.74 Å². The Labute approximate surface area is 109 Å². The van der Waals surface area contributed by atoms with Gasteiger partial charge in [0.15, 0.2) is 0 Å². The summed E-state index contributed by atoms with van der Waals surface area (Å²) in [6, 6.07) is 2.72. The first-order valence-corrected chi connectivity index (χ1v) is 7.21. The van der Waals surface area contributed by atoms with Gasteiger partial charge in [0.1, 0.15) is 5.75 Å². The molecule has 1 aromatic rings. The van der Waals surface area contributed by atoms with Gasteiger partial charge in [0.25, 0.3) is 0 Å². The highest BCUT2D eigenvalue weighted by molar-refractivity contribution is 5.30. The van der Waals surface area contributed by atoms with Crippen molar-refractivity contribution in [2.75, 3.05) is 6.61 Å². The van der Waals surface area contributed by atoms with Crippen molar-refractivity contribution in [3.05, 3.63) is 24.0 Å². The average molecular weight is 246 g/mol. The lowest BCUT2D eigenvalue weighted by Gasteiger charge is -2.25. The van der Waals surface area contributed by atoms with E-state index in [4.69, 9.17) is 4.74 Å². The Morgan fingerprint density at radius 2 is 2.17 bits per heavy atom. The molecule has 3 heteroatoms. The van der Waals surface area contributed by atoms with Crippen LogP contribution in [0.2, 0.25) is 0 Å². The van der Waals surface area contributed by atoms with E-state index >= 15 is 0 Å². The molecular weight excluding hydrogens is 224 g/mol. The Morgan fingerprint density at radius 1 is 1.28 bits per heavy atom. The maximum Gasteiger partial charge on any atom is 0.126 e. The molecule has 0 atom stereocenters. The van der Waals surface area contributed by atoms with E-state index in [2.05, 4.69) is 10.3 Å². The van der Waals surface area contributed by atoms with Crippen LogP contribution in [-0.2, 0) is 6.54 Å². The van der Waals surface area contributed by atoms with E-state index in [-0.39, 0.29) is 0 Å². The molecule has 2 fully saturated rings. The second kappa shape index (κ2) is 5.70. The molecule has 2 aliphatic carbocycles. The van der Waals surface area contributed by atoms with Gasteiger partial charge < -0.3 is 10.1 Å². The number of aromatic nitrogens is 1. The molecule has 1 N–H and O–H groups in total. The van der Waals surface area contributed by atoms with Crippen molar-refractivity contribution in [3.63, 3.8) is 0 Å². The number of rotatable bonds is 7. The normalized spacial score (nSPS) is 19.6. The van der Waals surface area contributed by atoms with Crippen LogP contribution < -0.4 is 10.1 Å². The van der Waals surface area contributed by atoms with E-state index in [1.54, 1.807) is 0 Å². The van der Waals surface area contributed by atoms with Crippen LogP contribution in [0.25, 0.3) is 0 Å². The number of ether oxygens (including phenoxy) is 1. The molecule has 3 rings (SSSR count). The van der Waals surface area contributed by atoms with Gasteiger partial charge in [-0.05, 0) is 31.2 Å². The molecule has 0 spiro atoms. The highest BCUT2D eigenvalue weighted by Gasteiger charge is 2.21. The molecule has 1 aromatic heterocycles. The van der Waals surface area contributed by atoms with Crippen LogP contribution in [0.5, 0.6) is 5.75 Å². The monoisotopic (exact) mass is 246 g/mol. The summed E-state index contributed by atoms with van der Waals surface area (Å²) in [6.45, 7) is 1.74. The summed E-state index contributed by atoms with van der Waals surface area (Å²) >= 11 is 0. The van der Waals surface area contributed by atoms with E-state index < -0.39 is 0 Å². The summed E-state index contributed by atoms with van der Waals surface area (Å²) in [4.78, 5) is 4.19. The van der Waals surface area contributed by atoms with Crippen LogP contribution in [0.15, 0.2) is 18.5 Å². The Kier molecular flexibility index (Phi) is 3.79. The van der Waals surface area contributed by atoms with Crippen LogP contribution >= 0.6 is 0 Å². The van der Waals surface area contributed by atoms with Gasteiger partial charge in [0, 0.05) is 30.5 Å². The van der Waals surface area contributed by atoms with E-state index in [0.717, 1.165) is 30.9 Å². The lowest BCUT2D eigenvalue weighted by atomic mass is 9.83. The summed E-state index contributed by atoms with van der Waals surface area (Å²) in [5.41, 5.74) is 1.19. The predicted molar refractivity (Wildman–Crippen MR) is 71.6 cm³/mol. The van der Waals surface area contributed by atoms with Gasteiger partial charge in [0.05, 0.1) is 6.61 Å². The third-order valence-electron chi connectivity index (χ3n) is 4.03. The molecule has 1 heterocycles. The fourth-order valence-electron chi connectivity index (χ4n) is 2.35. The Hall–Kier alpha value is -1.09. The fraction of sp³-hybridized carbons (Fsp3) is 0.667. The van der Waals surface area contributed by atoms with E-state index in [1.165, 1.54) is 44.1 Å². The second-order valence-electron chi connectivity index (χ2n) is 5.57. The highest BCUT2D eigenvalue weighted by Crippen LogP contribution is 2.29. The number of nitrogens with zero attached hydrogens (tertiary/aromatic N) is 1. The lowest BCUT2D eigenvalue weighted by Crippen LogP contribution is -2.17. The number of nitrogens with one attached hydrogen (secondary N) is 1. The number of pyridine rings is 1. The molecule has 0 aliphatic heterocycles. The maximum atomic E-state index is 5.92. The third-order valence-corrected chi connectivity index (χ3v) is 4.03. The fourth-order valence-corrected chi connectivity index (χ4v) is 2.35. The first-order chi connectivity index (χ1) is 8.92. The van der Waals surface area contributed by atoms with Crippen molar-refractivity contribution in [1.82, 2.24) is 10.3 Å². The van der Waals surface area contributed by atoms with Crippen LogP contribution in [0.3, 0.4) is 0 Å². The Morgan fingerprint density at radius 3 is 2.89 bits per heavy atom. The summed E-state index contributed by atoms with van der Waals surface area (Å²) in [7, 11) is 0. The van der Waals surface area contributed by atoms with Gasteiger partial charge >= 0.3 is 0 Å². The van der Waals surface area contributed by atoms with Crippen LogP contribution in [0.4, 0.5) is 0 Å². The van der Waals surface area contributed by atoms with Gasteiger partial charge in [-0.1, -0.05) is 19.3 Å². The van der Waals surface area contributed by atoms with Gasteiger partial charge in [0.2, 0.25) is 0 Å². The van der Waals surface area contributed by atoms with Crippen molar-refractivity contribution in [2.24, 2.45) is 5.92 Å². The van der Waals surface area contributed by atoms with Crippen molar-refractivity contribution in [3.8, 4) is 5.75 Å². The first kappa shape index (κ1) is 12.0. The van der Waals surface area contributed by atoms with E-state index in [0.29, 0.717) is 0 Å². The molecule has 0 amide bonds. The topological polar surface area (TPSA) is 34.1 Å². The van der Waals surface area contributed by atoms with Gasteiger partial charge in [-0.3, -0.25) is 4.98 Å². The maximum absolute atomic E-state index is 5.92. The zero-order chi connectivity index (χ0) is 12.2. The largest absolute Gasteiger partial charge is 0.493 e. The first-order valence-electron chi connectivity index (χ1n) is 7.21. The summed E-state index contributed by atoms with van der Waals surface area (Å²) in [5.74, 6) is 1.93. The average Bonchev–Trinajstić information content (AvgIpc) is 3.15. The molecular formula is C15H22N2O. The molecule has 0 bridgehead atoms. The highest BCUT2D eigenvalue weighted by atomic mass is 16.5. The lowest BCUT2D eigenvalue weighted by molar-refractivity contribution is 0.220. The van der Waals surface area contributed by atoms with Crippen molar-refractivity contribution >= 4 is 0 Å². The summed E-state index contributed by atoms with van der Waals surface area (Å²) in [5, 5.41) is 3.51. The third kappa shape index (κ3) is 3.22. The summed E-state index contributed by atoms with van der Waals surface area (Å²) < 4.78 is 5.92. The molecule has 2 saturated carbocycles. The zero-order valence-corrected chi connectivity index (χ0v) is 10.9. The molecule has 0 aromatic carbocycles. The van der Waals surface area contributed by atoms with Crippen LogP contribution in [0.1, 0.15) is 44.1 Å². The predicted octanol–water partition coefficient (Wildman–Crippen LogP) is 2.90. The molecule has 0 saturated heterocycles. The zero-order valence-electron chi connectivity index (χ0n) is 10.9. The molecule has 98 valence electrons. The minimum absolute atomic E-state index is 0.730. The molecule has 3 nitrogen and oxygen atoms in total. The minimum Gasteiger partial charge on any atom is -0.493 e. The van der Waals surface area contributed by atoms with Gasteiger partial charge in [-0.2, -0.15) is 0 Å². The molecule has 2 aliphatic rings. The molecule has 0 unspecified atom stereocenters. The quantitative estimate of drug-likeness (QED) is 0.803.